The Kier molecular flexibility index (Phi) is 5.04. The summed E-state index contributed by atoms with van der Waals surface area (Å²) in [5.41, 5.74) is 7.24. The molecule has 0 spiro atoms. The van der Waals surface area contributed by atoms with E-state index in [9.17, 15) is 0 Å². The summed E-state index contributed by atoms with van der Waals surface area (Å²) in [7, 11) is 0. The second-order valence-electron chi connectivity index (χ2n) is 5.36. The van der Waals surface area contributed by atoms with Crippen LogP contribution >= 0.6 is 11.6 Å². The Bertz CT molecular complexity index is 359. The van der Waals surface area contributed by atoms with E-state index in [1.807, 2.05) is 31.2 Å². The minimum Gasteiger partial charge on any atom is -0.376 e. The molecule has 1 aliphatic carbocycles. The third kappa shape index (κ3) is 3.98. The van der Waals surface area contributed by atoms with Crippen LogP contribution in [0.4, 0.5) is 0 Å². The Hall–Kier alpha value is -0.570. The number of nitrogens with two attached hydrogens (primary N) is 1. The normalized spacial score (nSPS) is 19.3. The predicted molar refractivity (Wildman–Crippen MR) is 75.9 cm³/mol. The van der Waals surface area contributed by atoms with E-state index in [2.05, 4.69) is 0 Å². The molecule has 2 N–H and O–H groups in total. The molecule has 1 fully saturated rings. The maximum atomic E-state index is 6.01. The van der Waals surface area contributed by atoms with Crippen LogP contribution in [0.25, 0.3) is 0 Å². The number of rotatable bonds is 6. The maximum Gasteiger partial charge on any atom is 0.0763 e. The average molecular weight is 268 g/mol. The van der Waals surface area contributed by atoms with Gasteiger partial charge in [0.05, 0.1) is 6.10 Å². The van der Waals surface area contributed by atoms with Gasteiger partial charge in [-0.15, -0.1) is 0 Å². The molecule has 0 heterocycles. The summed E-state index contributed by atoms with van der Waals surface area (Å²) in [6.07, 6.45) is 4.95. The SMILES string of the molecule is C[C@H](N)[C@H](Cc1ccc(Cl)cc1)OCC1CCC1. The highest BCUT2D eigenvalue weighted by Crippen LogP contribution is 2.27. The first-order chi connectivity index (χ1) is 8.65. The molecule has 0 aliphatic heterocycles. The van der Waals surface area contributed by atoms with E-state index in [0.717, 1.165) is 24.0 Å². The summed E-state index contributed by atoms with van der Waals surface area (Å²) in [6.45, 7) is 2.88. The number of benzene rings is 1. The molecule has 0 saturated heterocycles. The van der Waals surface area contributed by atoms with Crippen molar-refractivity contribution in [3.63, 3.8) is 0 Å². The Labute approximate surface area is 114 Å². The summed E-state index contributed by atoms with van der Waals surface area (Å²) in [5.74, 6) is 0.761. The van der Waals surface area contributed by atoms with Crippen molar-refractivity contribution in [2.24, 2.45) is 11.7 Å². The number of halogens is 1. The highest BCUT2D eigenvalue weighted by atomic mass is 35.5. The molecule has 0 bridgehead atoms. The summed E-state index contributed by atoms with van der Waals surface area (Å²) >= 11 is 5.88. The van der Waals surface area contributed by atoms with Crippen molar-refractivity contribution in [1.82, 2.24) is 0 Å². The molecule has 2 atom stereocenters. The molecule has 18 heavy (non-hydrogen) atoms. The van der Waals surface area contributed by atoms with Crippen LogP contribution in [-0.2, 0) is 11.2 Å². The molecule has 0 unspecified atom stereocenters. The van der Waals surface area contributed by atoms with Gasteiger partial charge < -0.3 is 10.5 Å². The molecule has 1 aromatic carbocycles. The molecule has 1 aliphatic rings. The van der Waals surface area contributed by atoms with Crippen LogP contribution in [0.15, 0.2) is 24.3 Å². The smallest absolute Gasteiger partial charge is 0.0763 e. The largest absolute Gasteiger partial charge is 0.376 e. The van der Waals surface area contributed by atoms with Crippen LogP contribution in [0.1, 0.15) is 31.7 Å². The van der Waals surface area contributed by atoms with E-state index in [4.69, 9.17) is 22.1 Å². The van der Waals surface area contributed by atoms with Crippen LogP contribution < -0.4 is 5.73 Å². The summed E-state index contributed by atoms with van der Waals surface area (Å²) < 4.78 is 5.98. The van der Waals surface area contributed by atoms with Crippen LogP contribution in [0.2, 0.25) is 5.02 Å². The van der Waals surface area contributed by atoms with Crippen molar-refractivity contribution in [1.29, 1.82) is 0 Å². The van der Waals surface area contributed by atoms with Gasteiger partial charge in [0.2, 0.25) is 0 Å². The number of hydrogen-bond acceptors (Lipinski definition) is 2. The first-order valence-corrected chi connectivity index (χ1v) is 7.14. The monoisotopic (exact) mass is 267 g/mol. The minimum atomic E-state index is 0.0563. The van der Waals surface area contributed by atoms with Crippen molar-refractivity contribution < 1.29 is 4.74 Å². The maximum absolute atomic E-state index is 6.01. The molecule has 2 rings (SSSR count). The lowest BCUT2D eigenvalue weighted by molar-refractivity contribution is 0.000773. The molecular weight excluding hydrogens is 246 g/mol. The minimum absolute atomic E-state index is 0.0563. The molecule has 0 amide bonds. The van der Waals surface area contributed by atoms with Crippen molar-refractivity contribution >= 4 is 11.6 Å². The third-order valence-electron chi connectivity index (χ3n) is 3.71. The highest BCUT2D eigenvalue weighted by molar-refractivity contribution is 6.30. The quantitative estimate of drug-likeness (QED) is 0.857. The van der Waals surface area contributed by atoms with Gasteiger partial charge in [0, 0.05) is 24.1 Å². The van der Waals surface area contributed by atoms with E-state index in [1.54, 1.807) is 0 Å². The molecular formula is C15H22ClNO. The van der Waals surface area contributed by atoms with E-state index in [0.29, 0.717) is 0 Å². The molecule has 1 saturated carbocycles. The number of ether oxygens (including phenoxy) is 1. The van der Waals surface area contributed by atoms with E-state index >= 15 is 0 Å². The summed E-state index contributed by atoms with van der Waals surface area (Å²) in [6, 6.07) is 7.98. The standard InChI is InChI=1S/C15H22ClNO/c1-11(17)15(18-10-13-3-2-4-13)9-12-5-7-14(16)8-6-12/h5-8,11,13,15H,2-4,9-10,17H2,1H3/t11-,15-/m0/s1. The van der Waals surface area contributed by atoms with Gasteiger partial charge in [0.1, 0.15) is 0 Å². The van der Waals surface area contributed by atoms with Gasteiger partial charge in [-0.1, -0.05) is 30.2 Å². The Morgan fingerprint density at radius 1 is 1.33 bits per heavy atom. The lowest BCUT2D eigenvalue weighted by Crippen LogP contribution is -2.37. The molecule has 0 aromatic heterocycles. The zero-order valence-corrected chi connectivity index (χ0v) is 11.7. The van der Waals surface area contributed by atoms with Crippen LogP contribution in [0.5, 0.6) is 0 Å². The first-order valence-electron chi connectivity index (χ1n) is 6.77. The van der Waals surface area contributed by atoms with Crippen LogP contribution in [-0.4, -0.2) is 18.8 Å². The molecule has 2 nitrogen and oxygen atoms in total. The van der Waals surface area contributed by atoms with Gasteiger partial charge in [0.15, 0.2) is 0 Å². The molecule has 3 heteroatoms. The van der Waals surface area contributed by atoms with Crippen molar-refractivity contribution in [2.75, 3.05) is 6.61 Å². The third-order valence-corrected chi connectivity index (χ3v) is 3.96. The lowest BCUT2D eigenvalue weighted by Gasteiger charge is -2.29. The van der Waals surface area contributed by atoms with Gasteiger partial charge in [-0.3, -0.25) is 0 Å². The second-order valence-corrected chi connectivity index (χ2v) is 5.79. The molecule has 1 aromatic rings. The van der Waals surface area contributed by atoms with E-state index < -0.39 is 0 Å². The molecule has 100 valence electrons. The van der Waals surface area contributed by atoms with Gasteiger partial charge >= 0.3 is 0 Å². The zero-order valence-electron chi connectivity index (χ0n) is 10.9. The first kappa shape index (κ1) is 13.9. The van der Waals surface area contributed by atoms with Crippen LogP contribution in [0, 0.1) is 5.92 Å². The van der Waals surface area contributed by atoms with E-state index in [1.165, 1.54) is 24.8 Å². The van der Waals surface area contributed by atoms with Gasteiger partial charge in [-0.25, -0.2) is 0 Å². The van der Waals surface area contributed by atoms with Crippen molar-refractivity contribution in [2.45, 2.75) is 44.8 Å². The topological polar surface area (TPSA) is 35.2 Å². The van der Waals surface area contributed by atoms with Gasteiger partial charge in [-0.05, 0) is 43.4 Å². The van der Waals surface area contributed by atoms with E-state index in [-0.39, 0.29) is 12.1 Å². The fourth-order valence-corrected chi connectivity index (χ4v) is 2.29. The predicted octanol–water partition coefficient (Wildman–Crippen LogP) is 3.42. The molecule has 0 radical (unpaired) electrons. The summed E-state index contributed by atoms with van der Waals surface area (Å²) in [5, 5.41) is 0.770. The number of hydrogen-bond donors (Lipinski definition) is 1. The van der Waals surface area contributed by atoms with Gasteiger partial charge in [0.25, 0.3) is 0 Å². The lowest BCUT2D eigenvalue weighted by atomic mass is 9.86. The Balaban J connectivity index is 1.86. The Morgan fingerprint density at radius 3 is 2.50 bits per heavy atom. The summed E-state index contributed by atoms with van der Waals surface area (Å²) in [4.78, 5) is 0. The average Bonchev–Trinajstić information content (AvgIpc) is 2.28. The second kappa shape index (κ2) is 6.55. The van der Waals surface area contributed by atoms with Crippen molar-refractivity contribution in [3.05, 3.63) is 34.9 Å². The zero-order chi connectivity index (χ0) is 13.0. The Morgan fingerprint density at radius 2 is 2.00 bits per heavy atom. The highest BCUT2D eigenvalue weighted by Gasteiger charge is 2.21. The van der Waals surface area contributed by atoms with Crippen LogP contribution in [0.3, 0.4) is 0 Å². The fraction of sp³-hybridized carbons (Fsp3) is 0.600. The van der Waals surface area contributed by atoms with Gasteiger partial charge in [-0.2, -0.15) is 0 Å². The fourth-order valence-electron chi connectivity index (χ4n) is 2.17. The van der Waals surface area contributed by atoms with Crippen molar-refractivity contribution in [3.8, 4) is 0 Å².